The molecule has 0 bridgehead atoms. The van der Waals surface area contributed by atoms with E-state index in [4.69, 9.17) is 9.47 Å². The van der Waals surface area contributed by atoms with Crippen molar-refractivity contribution in [2.45, 2.75) is 10.9 Å². The van der Waals surface area contributed by atoms with Crippen LogP contribution in [0.3, 0.4) is 0 Å². The lowest BCUT2D eigenvalue weighted by atomic mass is 10.1. The minimum atomic E-state index is -3.77. The Kier molecular flexibility index (Phi) is 6.77. The number of aromatic nitrogens is 2. The molecule has 1 aliphatic heterocycles. The van der Waals surface area contributed by atoms with Crippen molar-refractivity contribution in [1.82, 2.24) is 19.2 Å². The quantitative estimate of drug-likeness (QED) is 0.566. The van der Waals surface area contributed by atoms with Gasteiger partial charge in [0, 0.05) is 32.5 Å². The maximum absolute atomic E-state index is 13.4. The van der Waals surface area contributed by atoms with Gasteiger partial charge < -0.3 is 19.4 Å². The van der Waals surface area contributed by atoms with Gasteiger partial charge in [-0.3, -0.25) is 4.79 Å². The van der Waals surface area contributed by atoms with Crippen LogP contribution in [0.5, 0.6) is 5.75 Å². The summed E-state index contributed by atoms with van der Waals surface area (Å²) in [5, 5.41) is 3.00. The number of rotatable bonds is 7. The summed E-state index contributed by atoms with van der Waals surface area (Å²) in [6.07, 6.45) is 3.46. The van der Waals surface area contributed by atoms with Crippen LogP contribution in [0, 0.1) is 0 Å². The predicted octanol–water partition coefficient (Wildman–Crippen LogP) is 1.97. The first-order valence-corrected chi connectivity index (χ1v) is 11.9. The molecule has 0 spiro atoms. The zero-order valence-corrected chi connectivity index (χ0v) is 19.3. The maximum atomic E-state index is 13.4. The number of carbonyl (C=O) groups is 1. The summed E-state index contributed by atoms with van der Waals surface area (Å²) >= 11 is 0. The van der Waals surface area contributed by atoms with Crippen molar-refractivity contribution < 1.29 is 22.7 Å². The summed E-state index contributed by atoms with van der Waals surface area (Å²) < 4.78 is 40.1. The van der Waals surface area contributed by atoms with Crippen LogP contribution >= 0.6 is 0 Å². The monoisotopic (exact) mass is 470 g/mol. The van der Waals surface area contributed by atoms with Gasteiger partial charge in [0.15, 0.2) is 0 Å². The molecule has 10 heteroatoms. The Hall–Kier alpha value is -3.21. The summed E-state index contributed by atoms with van der Waals surface area (Å²) in [7, 11) is -0.484. The van der Waals surface area contributed by atoms with Crippen molar-refractivity contribution in [3.05, 3.63) is 77.9 Å². The highest BCUT2D eigenvalue weighted by molar-refractivity contribution is 7.89. The number of aryl methyl sites for hydroxylation is 1. The number of ether oxygens (including phenoxy) is 2. The van der Waals surface area contributed by atoms with Crippen LogP contribution in [0.15, 0.2) is 65.8 Å². The van der Waals surface area contributed by atoms with E-state index in [-0.39, 0.29) is 29.3 Å². The van der Waals surface area contributed by atoms with Crippen LogP contribution in [-0.4, -0.2) is 61.6 Å². The Balaban J connectivity index is 1.69. The Bertz CT molecular complexity index is 1220. The number of morpholine rings is 1. The molecule has 1 saturated heterocycles. The largest absolute Gasteiger partial charge is 0.496 e. The molecule has 1 amide bonds. The van der Waals surface area contributed by atoms with Crippen LogP contribution in [0.4, 0.5) is 0 Å². The molecule has 9 nitrogen and oxygen atoms in total. The molecule has 0 radical (unpaired) electrons. The lowest BCUT2D eigenvalue weighted by molar-refractivity contribution is 0.0730. The summed E-state index contributed by atoms with van der Waals surface area (Å²) in [5.41, 5.74) is 0.971. The Morgan fingerprint density at radius 1 is 1.15 bits per heavy atom. The van der Waals surface area contributed by atoms with E-state index in [1.165, 1.54) is 29.6 Å². The maximum Gasteiger partial charge on any atom is 0.255 e. The van der Waals surface area contributed by atoms with Gasteiger partial charge in [-0.2, -0.15) is 4.31 Å². The van der Waals surface area contributed by atoms with Crippen molar-refractivity contribution in [3.63, 3.8) is 0 Å². The molecule has 1 aromatic heterocycles. The summed E-state index contributed by atoms with van der Waals surface area (Å²) in [4.78, 5) is 17.8. The van der Waals surface area contributed by atoms with E-state index in [0.29, 0.717) is 19.0 Å². The van der Waals surface area contributed by atoms with Gasteiger partial charge in [-0.1, -0.05) is 30.3 Å². The second-order valence-electron chi connectivity index (χ2n) is 7.59. The van der Waals surface area contributed by atoms with Gasteiger partial charge in [-0.05, 0) is 23.8 Å². The first-order chi connectivity index (χ1) is 15.9. The molecule has 2 aromatic carbocycles. The average Bonchev–Trinajstić information content (AvgIpc) is 3.28. The first-order valence-electron chi connectivity index (χ1n) is 10.5. The van der Waals surface area contributed by atoms with E-state index in [1.807, 2.05) is 41.9 Å². The van der Waals surface area contributed by atoms with Gasteiger partial charge in [0.2, 0.25) is 10.0 Å². The highest BCUT2D eigenvalue weighted by Gasteiger charge is 2.29. The molecule has 1 fully saturated rings. The van der Waals surface area contributed by atoms with Gasteiger partial charge in [-0.25, -0.2) is 13.4 Å². The SMILES string of the molecule is COc1ccc(S(=O)(=O)N2CCOCC2)cc1C(=O)NC(c1ccccc1)c1nccn1C. The molecule has 0 aliphatic carbocycles. The van der Waals surface area contributed by atoms with Gasteiger partial charge in [-0.15, -0.1) is 0 Å². The van der Waals surface area contributed by atoms with E-state index in [0.717, 1.165) is 5.56 Å². The third-order valence-electron chi connectivity index (χ3n) is 5.55. The van der Waals surface area contributed by atoms with Gasteiger partial charge in [0.25, 0.3) is 5.91 Å². The highest BCUT2D eigenvalue weighted by Crippen LogP contribution is 2.27. The third-order valence-corrected chi connectivity index (χ3v) is 7.44. The number of nitrogens with zero attached hydrogens (tertiary/aromatic N) is 3. The number of hydrogen-bond acceptors (Lipinski definition) is 6. The van der Waals surface area contributed by atoms with E-state index in [2.05, 4.69) is 10.3 Å². The number of amides is 1. The van der Waals surface area contributed by atoms with Crippen molar-refractivity contribution in [2.24, 2.45) is 7.05 Å². The van der Waals surface area contributed by atoms with E-state index in [9.17, 15) is 13.2 Å². The fourth-order valence-electron chi connectivity index (χ4n) is 3.77. The summed E-state index contributed by atoms with van der Waals surface area (Å²) in [5.74, 6) is 0.452. The minimum absolute atomic E-state index is 0.0311. The van der Waals surface area contributed by atoms with Crippen molar-refractivity contribution in [3.8, 4) is 5.75 Å². The Morgan fingerprint density at radius 2 is 1.88 bits per heavy atom. The molecular weight excluding hydrogens is 444 g/mol. The van der Waals surface area contributed by atoms with Gasteiger partial charge >= 0.3 is 0 Å². The molecule has 1 N–H and O–H groups in total. The molecule has 0 saturated carbocycles. The van der Waals surface area contributed by atoms with Crippen LogP contribution < -0.4 is 10.1 Å². The van der Waals surface area contributed by atoms with Crippen molar-refractivity contribution in [2.75, 3.05) is 33.4 Å². The molecule has 3 aromatic rings. The molecule has 2 heterocycles. The standard InChI is InChI=1S/C23H26N4O5S/c1-26-11-10-24-22(26)21(17-6-4-3-5-7-17)25-23(28)19-16-18(8-9-20(19)31-2)33(29,30)27-12-14-32-15-13-27/h3-11,16,21H,12-15H2,1-2H3,(H,25,28). The van der Waals surface area contributed by atoms with E-state index >= 15 is 0 Å². The summed E-state index contributed by atoms with van der Waals surface area (Å²) in [6, 6.07) is 13.2. The number of benzene rings is 2. The molecule has 4 rings (SSSR count). The fourth-order valence-corrected chi connectivity index (χ4v) is 5.20. The van der Waals surface area contributed by atoms with Crippen LogP contribution in [0.2, 0.25) is 0 Å². The van der Waals surface area contributed by atoms with Crippen molar-refractivity contribution >= 4 is 15.9 Å². The molecular formula is C23H26N4O5S. The Labute approximate surface area is 193 Å². The minimum Gasteiger partial charge on any atom is -0.496 e. The van der Waals surface area contributed by atoms with Gasteiger partial charge in [0.05, 0.1) is 30.8 Å². The number of methoxy groups -OCH3 is 1. The second-order valence-corrected chi connectivity index (χ2v) is 9.53. The smallest absolute Gasteiger partial charge is 0.255 e. The molecule has 1 atom stereocenters. The second kappa shape index (κ2) is 9.74. The number of carbonyl (C=O) groups excluding carboxylic acids is 1. The number of sulfonamides is 1. The highest BCUT2D eigenvalue weighted by atomic mass is 32.2. The third kappa shape index (κ3) is 4.77. The predicted molar refractivity (Wildman–Crippen MR) is 122 cm³/mol. The lowest BCUT2D eigenvalue weighted by Gasteiger charge is -2.26. The van der Waals surface area contributed by atoms with Gasteiger partial charge in [0.1, 0.15) is 17.6 Å². The number of nitrogens with one attached hydrogen (secondary N) is 1. The molecule has 1 unspecified atom stereocenters. The zero-order chi connectivity index (χ0) is 23.4. The first kappa shape index (κ1) is 23.0. The van der Waals surface area contributed by atoms with E-state index in [1.54, 1.807) is 12.4 Å². The van der Waals surface area contributed by atoms with Crippen LogP contribution in [-0.2, 0) is 21.8 Å². The number of imidazole rings is 1. The topological polar surface area (TPSA) is 103 Å². The van der Waals surface area contributed by atoms with E-state index < -0.39 is 22.0 Å². The molecule has 1 aliphatic rings. The van der Waals surface area contributed by atoms with Crippen molar-refractivity contribution in [1.29, 1.82) is 0 Å². The summed E-state index contributed by atoms with van der Waals surface area (Å²) in [6.45, 7) is 1.21. The Morgan fingerprint density at radius 3 is 2.52 bits per heavy atom. The fraction of sp³-hybridized carbons (Fsp3) is 0.304. The van der Waals surface area contributed by atoms with Crippen LogP contribution in [0.25, 0.3) is 0 Å². The lowest BCUT2D eigenvalue weighted by Crippen LogP contribution is -2.40. The molecule has 174 valence electrons. The zero-order valence-electron chi connectivity index (χ0n) is 18.5. The normalized spacial score (nSPS) is 15.7. The number of hydrogen-bond donors (Lipinski definition) is 1. The average molecular weight is 471 g/mol. The molecule has 33 heavy (non-hydrogen) atoms. The van der Waals surface area contributed by atoms with Crippen LogP contribution in [0.1, 0.15) is 27.8 Å².